The van der Waals surface area contributed by atoms with Gasteiger partial charge in [0.05, 0.1) is 6.61 Å². The molecule has 2 saturated heterocycles. The Bertz CT molecular complexity index is 1180. The molecular weight excluding hydrogens is 480 g/mol. The van der Waals surface area contributed by atoms with Crippen molar-refractivity contribution in [3.8, 4) is 6.01 Å². The Hall–Kier alpha value is -2.96. The van der Waals surface area contributed by atoms with Crippen molar-refractivity contribution >= 4 is 34.8 Å². The lowest BCUT2D eigenvalue weighted by atomic mass is 9.89. The van der Waals surface area contributed by atoms with Crippen LogP contribution in [0.4, 0.5) is 5.95 Å². The normalized spacial score (nSPS) is 19.2. The van der Waals surface area contributed by atoms with Gasteiger partial charge in [-0.15, -0.1) is 0 Å². The molecule has 0 spiro atoms. The number of aromatic nitrogens is 5. The van der Waals surface area contributed by atoms with Gasteiger partial charge in [0.15, 0.2) is 0 Å². The number of rotatable bonds is 9. The zero-order chi connectivity index (χ0) is 24.9. The first-order valence-electron chi connectivity index (χ1n) is 12.3. The van der Waals surface area contributed by atoms with E-state index in [1.807, 2.05) is 12.3 Å². The SMILES string of the molecule is COCCOc1nc(C(=O)NC2CCN(SC)C2)nc(N2CCC(c3c[nH]c4ncccc34)CC2)n1. The minimum Gasteiger partial charge on any atom is -0.461 e. The molecule has 11 nitrogen and oxygen atoms in total. The molecule has 0 aromatic carbocycles. The van der Waals surface area contributed by atoms with Crippen LogP contribution in [0.25, 0.3) is 11.0 Å². The Kier molecular flexibility index (Phi) is 7.83. The predicted octanol–water partition coefficient (Wildman–Crippen LogP) is 2.24. The molecule has 2 aliphatic heterocycles. The van der Waals surface area contributed by atoms with E-state index in [0.717, 1.165) is 51.1 Å². The highest BCUT2D eigenvalue weighted by Crippen LogP contribution is 2.33. The van der Waals surface area contributed by atoms with E-state index in [0.29, 0.717) is 25.1 Å². The van der Waals surface area contributed by atoms with Crippen LogP contribution in [0.3, 0.4) is 0 Å². The van der Waals surface area contributed by atoms with Crippen LogP contribution in [0.15, 0.2) is 24.5 Å². The fourth-order valence-electron chi connectivity index (χ4n) is 4.84. The lowest BCUT2D eigenvalue weighted by Gasteiger charge is -2.32. The summed E-state index contributed by atoms with van der Waals surface area (Å²) in [6.45, 7) is 3.99. The Labute approximate surface area is 214 Å². The van der Waals surface area contributed by atoms with Gasteiger partial charge in [0.2, 0.25) is 11.8 Å². The van der Waals surface area contributed by atoms with Crippen LogP contribution in [0, 0.1) is 0 Å². The van der Waals surface area contributed by atoms with Gasteiger partial charge in [-0.1, -0.05) is 11.9 Å². The number of nitrogens with zero attached hydrogens (tertiary/aromatic N) is 6. The molecular formula is C24H32N8O3S. The zero-order valence-corrected chi connectivity index (χ0v) is 21.5. The fourth-order valence-corrected chi connectivity index (χ4v) is 5.45. The predicted molar refractivity (Wildman–Crippen MR) is 138 cm³/mol. The van der Waals surface area contributed by atoms with E-state index in [1.54, 1.807) is 25.3 Å². The number of hydrogen-bond donors (Lipinski definition) is 2. The van der Waals surface area contributed by atoms with Crippen LogP contribution in [-0.2, 0) is 4.74 Å². The van der Waals surface area contributed by atoms with E-state index in [4.69, 9.17) is 9.47 Å². The summed E-state index contributed by atoms with van der Waals surface area (Å²) in [5.74, 6) is 0.672. The standard InChI is InChI=1S/C24H32N8O3S/c1-34-12-13-35-24-29-21(22(33)27-17-7-11-32(15-17)36-2)28-23(30-24)31-9-5-16(6-10-31)19-14-26-20-18(19)4-3-8-25-20/h3-4,8,14,16-17H,5-7,9-13,15H2,1-2H3,(H,25,26)(H,27,33). The lowest BCUT2D eigenvalue weighted by molar-refractivity contribution is 0.0925. The van der Waals surface area contributed by atoms with Crippen LogP contribution in [0.1, 0.15) is 41.4 Å². The summed E-state index contributed by atoms with van der Waals surface area (Å²) in [4.78, 5) is 36.2. The maximum absolute atomic E-state index is 13.0. The Morgan fingerprint density at radius 2 is 2.06 bits per heavy atom. The number of amides is 1. The number of ether oxygens (including phenoxy) is 2. The molecule has 0 bridgehead atoms. The second-order valence-corrected chi connectivity index (χ2v) is 9.90. The summed E-state index contributed by atoms with van der Waals surface area (Å²) >= 11 is 1.69. The van der Waals surface area contributed by atoms with Gasteiger partial charge in [0.25, 0.3) is 5.91 Å². The van der Waals surface area contributed by atoms with Crippen LogP contribution in [0.2, 0.25) is 0 Å². The molecule has 1 amide bonds. The molecule has 36 heavy (non-hydrogen) atoms. The number of anilines is 1. The number of carbonyl (C=O) groups excluding carboxylic acids is 1. The third-order valence-corrected chi connectivity index (χ3v) is 7.62. The van der Waals surface area contributed by atoms with Crippen LogP contribution in [0.5, 0.6) is 6.01 Å². The first-order valence-corrected chi connectivity index (χ1v) is 13.5. The molecule has 2 aliphatic rings. The first-order chi connectivity index (χ1) is 17.6. The summed E-state index contributed by atoms with van der Waals surface area (Å²) in [6.07, 6.45) is 8.72. The van der Waals surface area contributed by atoms with Crippen molar-refractivity contribution < 1.29 is 14.3 Å². The van der Waals surface area contributed by atoms with Crippen LogP contribution >= 0.6 is 11.9 Å². The Morgan fingerprint density at radius 1 is 1.19 bits per heavy atom. The van der Waals surface area contributed by atoms with Gasteiger partial charge in [-0.2, -0.15) is 15.0 Å². The Balaban J connectivity index is 1.30. The van der Waals surface area contributed by atoms with Crippen molar-refractivity contribution in [2.24, 2.45) is 0 Å². The summed E-state index contributed by atoms with van der Waals surface area (Å²) < 4.78 is 13.0. The highest BCUT2D eigenvalue weighted by molar-refractivity contribution is 7.96. The quantitative estimate of drug-likeness (QED) is 0.326. The third kappa shape index (κ3) is 5.55. The molecule has 1 atom stereocenters. The van der Waals surface area contributed by atoms with E-state index < -0.39 is 0 Å². The van der Waals surface area contributed by atoms with Gasteiger partial charge < -0.3 is 24.7 Å². The molecule has 12 heteroatoms. The van der Waals surface area contributed by atoms with Gasteiger partial charge in [0.1, 0.15) is 12.3 Å². The average molecular weight is 513 g/mol. The molecule has 0 radical (unpaired) electrons. The molecule has 3 aromatic heterocycles. The van der Waals surface area contributed by atoms with Crippen molar-refractivity contribution in [3.05, 3.63) is 35.9 Å². The Morgan fingerprint density at radius 3 is 2.83 bits per heavy atom. The van der Waals surface area contributed by atoms with Crippen molar-refractivity contribution in [2.45, 2.75) is 31.2 Å². The van der Waals surface area contributed by atoms with Crippen molar-refractivity contribution in [2.75, 3.05) is 57.7 Å². The summed E-state index contributed by atoms with van der Waals surface area (Å²) in [5, 5.41) is 4.25. The molecule has 5 rings (SSSR count). The first kappa shape index (κ1) is 24.7. The minimum absolute atomic E-state index is 0.0735. The molecule has 1 unspecified atom stereocenters. The van der Waals surface area contributed by atoms with E-state index in [2.05, 4.69) is 51.7 Å². The molecule has 192 valence electrons. The summed E-state index contributed by atoms with van der Waals surface area (Å²) in [5.41, 5.74) is 2.22. The molecule has 2 N–H and O–H groups in total. The zero-order valence-electron chi connectivity index (χ0n) is 20.6. The monoisotopic (exact) mass is 512 g/mol. The third-order valence-electron chi connectivity index (χ3n) is 6.77. The second kappa shape index (κ2) is 11.4. The van der Waals surface area contributed by atoms with E-state index in [-0.39, 0.29) is 23.8 Å². The van der Waals surface area contributed by atoms with Crippen molar-refractivity contribution in [1.82, 2.24) is 34.5 Å². The van der Waals surface area contributed by atoms with E-state index >= 15 is 0 Å². The molecule has 0 saturated carbocycles. The molecule has 0 aliphatic carbocycles. The number of methoxy groups -OCH3 is 1. The van der Waals surface area contributed by atoms with Crippen LogP contribution in [-0.4, -0.2) is 93.9 Å². The largest absolute Gasteiger partial charge is 0.461 e. The molecule has 2 fully saturated rings. The van der Waals surface area contributed by atoms with Crippen LogP contribution < -0.4 is 15.0 Å². The number of fused-ring (bicyclic) bond motifs is 1. The maximum Gasteiger partial charge on any atom is 0.322 e. The van der Waals surface area contributed by atoms with Gasteiger partial charge in [0, 0.05) is 57.1 Å². The number of nitrogens with one attached hydrogen (secondary N) is 2. The number of piperidine rings is 1. The lowest BCUT2D eigenvalue weighted by Crippen LogP contribution is -2.38. The number of carbonyl (C=O) groups is 1. The van der Waals surface area contributed by atoms with Crippen molar-refractivity contribution in [1.29, 1.82) is 0 Å². The number of H-pyrrole nitrogens is 1. The highest BCUT2D eigenvalue weighted by atomic mass is 32.2. The second-order valence-electron chi connectivity index (χ2n) is 9.02. The topological polar surface area (TPSA) is 121 Å². The summed E-state index contributed by atoms with van der Waals surface area (Å²) in [6, 6.07) is 4.30. The maximum atomic E-state index is 13.0. The fraction of sp³-hybridized carbons (Fsp3) is 0.542. The van der Waals surface area contributed by atoms with Gasteiger partial charge >= 0.3 is 6.01 Å². The smallest absolute Gasteiger partial charge is 0.322 e. The van der Waals surface area contributed by atoms with E-state index in [1.165, 1.54) is 10.9 Å². The number of pyridine rings is 1. The minimum atomic E-state index is -0.302. The van der Waals surface area contributed by atoms with Gasteiger partial charge in [-0.25, -0.2) is 9.29 Å². The number of aromatic amines is 1. The van der Waals surface area contributed by atoms with Crippen molar-refractivity contribution in [3.63, 3.8) is 0 Å². The molecule has 5 heterocycles. The summed E-state index contributed by atoms with van der Waals surface area (Å²) in [7, 11) is 1.61. The van der Waals surface area contributed by atoms with Gasteiger partial charge in [-0.3, -0.25) is 4.79 Å². The number of hydrogen-bond acceptors (Lipinski definition) is 10. The van der Waals surface area contributed by atoms with Gasteiger partial charge in [-0.05, 0) is 49.1 Å². The average Bonchev–Trinajstić information content (AvgIpc) is 3.56. The van der Waals surface area contributed by atoms with E-state index in [9.17, 15) is 4.79 Å². The molecule has 3 aromatic rings. The highest BCUT2D eigenvalue weighted by Gasteiger charge is 2.28.